The van der Waals surface area contributed by atoms with Gasteiger partial charge in [-0.25, -0.2) is 0 Å². The Bertz CT molecular complexity index is 939. The van der Waals surface area contributed by atoms with E-state index in [2.05, 4.69) is 10.6 Å². The van der Waals surface area contributed by atoms with Gasteiger partial charge in [0.05, 0.1) is 33.9 Å². The molecule has 4 rings (SSSR count). The molecule has 1 spiro atoms. The molecule has 3 aliphatic rings. The number of halogens is 1. The van der Waals surface area contributed by atoms with Crippen molar-refractivity contribution >= 4 is 46.8 Å². The van der Waals surface area contributed by atoms with Gasteiger partial charge in [-0.3, -0.25) is 14.4 Å². The van der Waals surface area contributed by atoms with Crippen LogP contribution in [0.1, 0.15) is 38.7 Å². The number of aliphatic hydroxyl groups is 1. The summed E-state index contributed by atoms with van der Waals surface area (Å²) in [4.78, 5) is 41.9. The van der Waals surface area contributed by atoms with E-state index in [0.29, 0.717) is 23.7 Å². The van der Waals surface area contributed by atoms with Crippen LogP contribution in [-0.2, 0) is 14.4 Å². The summed E-state index contributed by atoms with van der Waals surface area (Å²) in [5, 5.41) is 16.0. The van der Waals surface area contributed by atoms with Crippen LogP contribution in [0.3, 0.4) is 0 Å². The number of thioether (sulfide) groups is 1. The largest absolute Gasteiger partial charge is 0.395 e. The maximum Gasteiger partial charge on any atom is 0.248 e. The number of para-hydroxylation sites is 1. The Kier molecular flexibility index (Phi) is 6.24. The number of nitrogens with one attached hydrogen (secondary N) is 2. The maximum absolute atomic E-state index is 13.7. The van der Waals surface area contributed by atoms with Crippen LogP contribution < -0.4 is 10.6 Å². The predicted molar refractivity (Wildman–Crippen MR) is 126 cm³/mol. The van der Waals surface area contributed by atoms with Crippen LogP contribution in [0.25, 0.3) is 0 Å². The summed E-state index contributed by atoms with van der Waals surface area (Å²) in [5.41, 5.74) is 1.35. The quantitative estimate of drug-likeness (QED) is 0.558. The zero-order valence-electron chi connectivity index (χ0n) is 18.6. The summed E-state index contributed by atoms with van der Waals surface area (Å²) in [6, 6.07) is 4.60. The van der Waals surface area contributed by atoms with Gasteiger partial charge in [0.25, 0.3) is 0 Å². The predicted octanol–water partition coefficient (Wildman–Crippen LogP) is 2.59. The number of benzene rings is 1. The Labute approximate surface area is 197 Å². The van der Waals surface area contributed by atoms with Crippen molar-refractivity contribution in [2.45, 2.75) is 55.6 Å². The lowest BCUT2D eigenvalue weighted by Crippen LogP contribution is -2.52. The van der Waals surface area contributed by atoms with Crippen LogP contribution in [0.15, 0.2) is 18.2 Å². The third-order valence-corrected chi connectivity index (χ3v) is 9.47. The highest BCUT2D eigenvalue weighted by molar-refractivity contribution is 8.02. The minimum atomic E-state index is -0.779. The second-order valence-electron chi connectivity index (χ2n) is 9.19. The highest BCUT2D eigenvalue weighted by Crippen LogP contribution is 2.71. The molecule has 3 saturated heterocycles. The number of aryl methyl sites for hydroxylation is 1. The number of carbonyl (C=O) groups excluding carboxylic acids is 3. The average molecular weight is 480 g/mol. The minimum absolute atomic E-state index is 0.0528. The molecule has 0 aromatic heterocycles. The number of carbonyl (C=O) groups is 3. The van der Waals surface area contributed by atoms with Crippen molar-refractivity contribution in [1.82, 2.24) is 10.2 Å². The fourth-order valence-corrected chi connectivity index (χ4v) is 8.44. The number of hydrogen-bond donors (Lipinski definition) is 3. The van der Waals surface area contributed by atoms with Gasteiger partial charge in [0.2, 0.25) is 17.7 Å². The van der Waals surface area contributed by atoms with Crippen molar-refractivity contribution in [3.8, 4) is 0 Å². The Morgan fingerprint density at radius 3 is 2.72 bits per heavy atom. The molecule has 5 atom stereocenters. The molecule has 174 valence electrons. The van der Waals surface area contributed by atoms with Crippen LogP contribution >= 0.6 is 23.4 Å². The zero-order chi connectivity index (χ0) is 23.3. The zero-order valence-corrected chi connectivity index (χ0v) is 20.2. The first-order valence-electron chi connectivity index (χ1n) is 11.2. The van der Waals surface area contributed by atoms with Crippen LogP contribution in [0.2, 0.25) is 5.02 Å². The fraction of sp³-hybridized carbons (Fsp3) is 0.609. The van der Waals surface area contributed by atoms with Crippen molar-refractivity contribution in [1.29, 1.82) is 0 Å². The van der Waals surface area contributed by atoms with E-state index in [1.165, 1.54) is 4.90 Å². The first-order valence-corrected chi connectivity index (χ1v) is 12.3. The van der Waals surface area contributed by atoms with Crippen molar-refractivity contribution in [3.63, 3.8) is 0 Å². The van der Waals surface area contributed by atoms with Crippen molar-refractivity contribution < 1.29 is 19.5 Å². The van der Waals surface area contributed by atoms with Crippen LogP contribution in [-0.4, -0.2) is 63.0 Å². The van der Waals surface area contributed by atoms with Gasteiger partial charge in [-0.05, 0) is 44.7 Å². The Morgan fingerprint density at radius 2 is 2.06 bits per heavy atom. The van der Waals surface area contributed by atoms with Crippen LogP contribution in [0.4, 0.5) is 5.69 Å². The average Bonchev–Trinajstić information content (AvgIpc) is 3.30. The third-order valence-electron chi connectivity index (χ3n) is 7.17. The van der Waals surface area contributed by atoms with E-state index >= 15 is 0 Å². The van der Waals surface area contributed by atoms with Gasteiger partial charge in [-0.2, -0.15) is 0 Å². The van der Waals surface area contributed by atoms with E-state index in [1.807, 2.05) is 32.9 Å². The number of aliphatic hydroxyl groups excluding tert-OH is 1. The lowest BCUT2D eigenvalue weighted by atomic mass is 9.66. The third kappa shape index (κ3) is 3.42. The number of β-amino-alcohol motifs (C(OH)–C–C–N with tert-alkyl or cyclic N) is 1. The van der Waals surface area contributed by atoms with Crippen LogP contribution in [0.5, 0.6) is 0 Å². The van der Waals surface area contributed by atoms with Gasteiger partial charge in [-0.15, -0.1) is 11.8 Å². The Balaban J connectivity index is 1.72. The van der Waals surface area contributed by atoms with E-state index in [9.17, 15) is 19.5 Å². The van der Waals surface area contributed by atoms with Crippen LogP contribution in [0, 0.1) is 18.8 Å². The molecule has 2 bridgehead atoms. The number of rotatable bonds is 7. The number of nitrogens with zero attached hydrogens (tertiary/aromatic N) is 1. The molecule has 2 unspecified atom stereocenters. The molecule has 3 fully saturated rings. The highest BCUT2D eigenvalue weighted by atomic mass is 35.5. The summed E-state index contributed by atoms with van der Waals surface area (Å²) < 4.78 is -1.10. The van der Waals surface area contributed by atoms with Gasteiger partial charge >= 0.3 is 0 Å². The van der Waals surface area contributed by atoms with Gasteiger partial charge in [0.15, 0.2) is 0 Å². The molecule has 1 aromatic rings. The van der Waals surface area contributed by atoms with E-state index in [0.717, 1.165) is 18.4 Å². The summed E-state index contributed by atoms with van der Waals surface area (Å²) in [7, 11) is 0. The molecule has 0 radical (unpaired) electrons. The first-order chi connectivity index (χ1) is 15.2. The number of amides is 3. The van der Waals surface area contributed by atoms with Crippen molar-refractivity contribution in [3.05, 3.63) is 28.8 Å². The molecule has 7 nitrogen and oxygen atoms in total. The normalized spacial score (nSPS) is 32.8. The maximum atomic E-state index is 13.7. The topological polar surface area (TPSA) is 98.7 Å². The van der Waals surface area contributed by atoms with E-state index in [4.69, 9.17) is 11.6 Å². The van der Waals surface area contributed by atoms with Gasteiger partial charge in [0.1, 0.15) is 6.04 Å². The summed E-state index contributed by atoms with van der Waals surface area (Å²) in [6.45, 7) is 6.24. The van der Waals surface area contributed by atoms with Gasteiger partial charge < -0.3 is 20.6 Å². The number of hydrogen-bond acceptors (Lipinski definition) is 5. The summed E-state index contributed by atoms with van der Waals surface area (Å²) in [6.07, 6.45) is 2.24. The molecule has 3 amide bonds. The molecule has 0 aliphatic carbocycles. The van der Waals surface area contributed by atoms with E-state index in [-0.39, 0.29) is 30.9 Å². The summed E-state index contributed by atoms with van der Waals surface area (Å²) in [5.74, 6) is -1.74. The fourth-order valence-electron chi connectivity index (χ4n) is 5.82. The number of likely N-dealkylation sites (tertiary alicyclic amines) is 1. The molecule has 1 aromatic carbocycles. The molecular formula is C23H30ClN3O4S. The minimum Gasteiger partial charge on any atom is -0.395 e. The second kappa shape index (κ2) is 8.54. The standard InChI is InChI=1S/C23H30ClN3O4S/c1-4-10-25-19(29)15-16-21(31)27(11-12-28)18(23(16)9-8-22(15,3)32-23)20(30)26-17-13(2)6-5-7-14(17)24/h5-7,15-16,18,28H,4,8-12H2,1-3H3,(H,25,29)(H,26,30)/t15-,16-,18?,22+,23?/m0/s1. The Hall–Kier alpha value is -1.77. The second-order valence-corrected chi connectivity index (χ2v) is 11.5. The molecule has 3 N–H and O–H groups in total. The highest BCUT2D eigenvalue weighted by Gasteiger charge is 2.77. The van der Waals surface area contributed by atoms with Gasteiger partial charge in [0, 0.05) is 17.8 Å². The molecule has 3 heterocycles. The Morgan fingerprint density at radius 1 is 1.31 bits per heavy atom. The first kappa shape index (κ1) is 23.4. The van der Waals surface area contributed by atoms with Crippen molar-refractivity contribution in [2.75, 3.05) is 25.0 Å². The molecule has 3 aliphatic heterocycles. The summed E-state index contributed by atoms with van der Waals surface area (Å²) >= 11 is 7.95. The monoisotopic (exact) mass is 479 g/mol. The van der Waals surface area contributed by atoms with Crippen molar-refractivity contribution in [2.24, 2.45) is 11.8 Å². The van der Waals surface area contributed by atoms with E-state index in [1.54, 1.807) is 17.8 Å². The van der Waals surface area contributed by atoms with E-state index < -0.39 is 27.4 Å². The smallest absolute Gasteiger partial charge is 0.248 e. The lowest BCUT2D eigenvalue weighted by molar-refractivity contribution is -0.140. The SMILES string of the molecule is CCCNC(=O)[C@@H]1[C@H]2C(=O)N(CCO)C(C(=O)Nc3c(C)cccc3Cl)C23CC[C@@]1(C)S3. The molecule has 9 heteroatoms. The van der Waals surface area contributed by atoms with Gasteiger partial charge in [-0.1, -0.05) is 30.7 Å². The molecular weight excluding hydrogens is 450 g/mol. The molecule has 32 heavy (non-hydrogen) atoms. The lowest BCUT2D eigenvalue weighted by Gasteiger charge is -2.35. The number of anilines is 1. The number of fused-ring (bicyclic) bond motifs is 1. The molecule has 0 saturated carbocycles.